The third-order valence-electron chi connectivity index (χ3n) is 0.664. The topological polar surface area (TPSA) is 35.5 Å². The summed E-state index contributed by atoms with van der Waals surface area (Å²) in [6, 6.07) is 0. The van der Waals surface area contributed by atoms with Gasteiger partial charge in [-0.2, -0.15) is 0 Å². The lowest BCUT2D eigenvalue weighted by Gasteiger charge is -2.03. The molecule has 0 saturated carbocycles. The first kappa shape index (κ1) is 12.3. The normalized spacial score (nSPS) is 8.60. The van der Waals surface area contributed by atoms with Crippen LogP contribution in [0.1, 0.15) is 20.8 Å². The summed E-state index contributed by atoms with van der Waals surface area (Å²) in [5, 5.41) is 0. The molecule has 0 aliphatic rings. The summed E-state index contributed by atoms with van der Waals surface area (Å²) < 4.78 is 9.35. The molecule has 0 amide bonds. The minimum absolute atomic E-state index is 0.0648. The lowest BCUT2D eigenvalue weighted by Crippen LogP contribution is -2.05. The third-order valence-corrected chi connectivity index (χ3v) is 0.664. The van der Waals surface area contributed by atoms with Crippen molar-refractivity contribution in [3.8, 4) is 0 Å². The van der Waals surface area contributed by atoms with Crippen molar-refractivity contribution in [1.82, 2.24) is 0 Å². The maximum absolute atomic E-state index is 9.44. The molecule has 10 heavy (non-hydrogen) atoms. The summed E-state index contributed by atoms with van der Waals surface area (Å²) in [5.74, 6) is 0.167. The van der Waals surface area contributed by atoms with Crippen LogP contribution in [-0.2, 0) is 14.3 Å². The van der Waals surface area contributed by atoms with Gasteiger partial charge < -0.3 is 14.3 Å². The average molecular weight is 148 g/mol. The van der Waals surface area contributed by atoms with E-state index in [2.05, 4.69) is 9.47 Å². The maximum atomic E-state index is 9.44. The van der Waals surface area contributed by atoms with E-state index in [0.29, 0.717) is 0 Å². The molecule has 0 radical (unpaired) electrons. The number of hydrogen-bond donors (Lipinski definition) is 0. The highest BCUT2D eigenvalue weighted by Crippen LogP contribution is 1.82. The van der Waals surface area contributed by atoms with Gasteiger partial charge in [0, 0.05) is 14.2 Å². The number of carbonyl (C=O) groups is 1. The lowest BCUT2D eigenvalue weighted by atomic mass is 10.6. The van der Waals surface area contributed by atoms with Crippen LogP contribution in [0.15, 0.2) is 0 Å². The fraction of sp³-hybridized carbons (Fsp3) is 0.857. The molecule has 0 fully saturated rings. The van der Waals surface area contributed by atoms with Crippen molar-refractivity contribution in [3.05, 3.63) is 0 Å². The Morgan fingerprint density at radius 2 is 1.40 bits per heavy atom. The van der Waals surface area contributed by atoms with E-state index in [1.165, 1.54) is 13.8 Å². The minimum Gasteiger partial charge on any atom is -0.356 e. The molecule has 0 spiro atoms. The molecule has 0 aromatic rings. The van der Waals surface area contributed by atoms with Crippen molar-refractivity contribution in [2.75, 3.05) is 14.2 Å². The molecule has 62 valence electrons. The Balaban J connectivity index is 0. The minimum atomic E-state index is -0.0648. The molecule has 0 aliphatic heterocycles. The highest BCUT2D eigenvalue weighted by atomic mass is 16.7. The van der Waals surface area contributed by atoms with E-state index in [-0.39, 0.29) is 12.1 Å². The molecule has 0 N–H and O–H groups in total. The van der Waals surface area contributed by atoms with Crippen LogP contribution < -0.4 is 0 Å². The van der Waals surface area contributed by atoms with Crippen LogP contribution in [-0.4, -0.2) is 26.3 Å². The summed E-state index contributed by atoms with van der Waals surface area (Å²) >= 11 is 0. The van der Waals surface area contributed by atoms with E-state index in [0.717, 1.165) is 0 Å². The van der Waals surface area contributed by atoms with Crippen molar-refractivity contribution in [1.29, 1.82) is 0 Å². The van der Waals surface area contributed by atoms with E-state index in [1.807, 2.05) is 6.92 Å². The second-order valence-corrected chi connectivity index (χ2v) is 1.95. The number of methoxy groups -OCH3 is 2. The SMILES string of the molecule is CC(C)=O.COC(C)OC. The first-order valence-electron chi connectivity index (χ1n) is 3.07. The largest absolute Gasteiger partial charge is 0.356 e. The van der Waals surface area contributed by atoms with Gasteiger partial charge in [0.25, 0.3) is 0 Å². The quantitative estimate of drug-likeness (QED) is 0.552. The van der Waals surface area contributed by atoms with Gasteiger partial charge in [0.1, 0.15) is 5.78 Å². The van der Waals surface area contributed by atoms with Gasteiger partial charge in [-0.25, -0.2) is 0 Å². The molecular formula is C7H16O3. The van der Waals surface area contributed by atoms with Gasteiger partial charge in [0.2, 0.25) is 0 Å². The zero-order chi connectivity index (χ0) is 8.57. The highest BCUT2D eigenvalue weighted by Gasteiger charge is 1.87. The summed E-state index contributed by atoms with van der Waals surface area (Å²) in [6.07, 6.45) is -0.0648. The van der Waals surface area contributed by atoms with Crippen LogP contribution in [0.4, 0.5) is 0 Å². The first-order valence-corrected chi connectivity index (χ1v) is 3.07. The highest BCUT2D eigenvalue weighted by molar-refractivity contribution is 5.72. The predicted octanol–water partition coefficient (Wildman–Crippen LogP) is 1.22. The van der Waals surface area contributed by atoms with Gasteiger partial charge in [0.05, 0.1) is 0 Å². The zero-order valence-electron chi connectivity index (χ0n) is 7.30. The zero-order valence-corrected chi connectivity index (χ0v) is 7.30. The molecule has 0 aromatic heterocycles. The van der Waals surface area contributed by atoms with Crippen LogP contribution in [0.2, 0.25) is 0 Å². The average Bonchev–Trinajstić information content (AvgIpc) is 1.85. The number of rotatable bonds is 2. The lowest BCUT2D eigenvalue weighted by molar-refractivity contribution is -0.115. The van der Waals surface area contributed by atoms with Crippen LogP contribution >= 0.6 is 0 Å². The summed E-state index contributed by atoms with van der Waals surface area (Å²) in [7, 11) is 3.21. The van der Waals surface area contributed by atoms with Gasteiger partial charge in [-0.1, -0.05) is 0 Å². The van der Waals surface area contributed by atoms with E-state index >= 15 is 0 Å². The molecule has 0 unspecified atom stereocenters. The predicted molar refractivity (Wildman–Crippen MR) is 39.8 cm³/mol. The standard InChI is InChI=1S/C4H10O2.C3H6O/c1-4(5-2)6-3;1-3(2)4/h4H,1-3H3;1-2H3. The Labute approximate surface area is 62.3 Å². The molecule has 3 nitrogen and oxygen atoms in total. The summed E-state index contributed by atoms with van der Waals surface area (Å²) in [5.41, 5.74) is 0. The van der Waals surface area contributed by atoms with Gasteiger partial charge in [-0.15, -0.1) is 0 Å². The van der Waals surface area contributed by atoms with Crippen molar-refractivity contribution in [2.24, 2.45) is 0 Å². The molecule has 0 saturated heterocycles. The fourth-order valence-corrected chi connectivity index (χ4v) is 0.0962. The number of ketones is 1. The van der Waals surface area contributed by atoms with Crippen LogP contribution in [0.5, 0.6) is 0 Å². The molecule has 0 atom stereocenters. The Bertz CT molecular complexity index is 72.9. The van der Waals surface area contributed by atoms with E-state index in [4.69, 9.17) is 0 Å². The van der Waals surface area contributed by atoms with E-state index in [9.17, 15) is 4.79 Å². The smallest absolute Gasteiger partial charge is 0.154 e. The Morgan fingerprint density at radius 1 is 1.20 bits per heavy atom. The van der Waals surface area contributed by atoms with Crippen LogP contribution in [0.25, 0.3) is 0 Å². The van der Waals surface area contributed by atoms with Gasteiger partial charge in [-0.3, -0.25) is 0 Å². The van der Waals surface area contributed by atoms with Gasteiger partial charge in [0.15, 0.2) is 6.29 Å². The second-order valence-electron chi connectivity index (χ2n) is 1.95. The summed E-state index contributed by atoms with van der Waals surface area (Å²) in [6.45, 7) is 4.89. The molecule has 0 bridgehead atoms. The monoisotopic (exact) mass is 148 g/mol. The maximum Gasteiger partial charge on any atom is 0.154 e. The number of carbonyl (C=O) groups excluding carboxylic acids is 1. The van der Waals surface area contributed by atoms with E-state index < -0.39 is 0 Å². The molecule has 0 heterocycles. The molecular weight excluding hydrogens is 132 g/mol. The van der Waals surface area contributed by atoms with Crippen molar-refractivity contribution >= 4 is 5.78 Å². The third kappa shape index (κ3) is 25.6. The summed E-state index contributed by atoms with van der Waals surface area (Å²) in [4.78, 5) is 9.44. The Morgan fingerprint density at radius 3 is 1.40 bits per heavy atom. The first-order chi connectivity index (χ1) is 4.54. The van der Waals surface area contributed by atoms with Crippen LogP contribution in [0, 0.1) is 0 Å². The van der Waals surface area contributed by atoms with Crippen molar-refractivity contribution < 1.29 is 14.3 Å². The van der Waals surface area contributed by atoms with Crippen molar-refractivity contribution in [3.63, 3.8) is 0 Å². The van der Waals surface area contributed by atoms with Crippen molar-refractivity contribution in [2.45, 2.75) is 27.1 Å². The number of ether oxygens (including phenoxy) is 2. The number of hydrogen-bond acceptors (Lipinski definition) is 3. The van der Waals surface area contributed by atoms with Gasteiger partial charge in [-0.05, 0) is 20.8 Å². The van der Waals surface area contributed by atoms with Gasteiger partial charge >= 0.3 is 0 Å². The van der Waals surface area contributed by atoms with E-state index in [1.54, 1.807) is 14.2 Å². The fourth-order valence-electron chi connectivity index (χ4n) is 0.0962. The molecule has 0 aliphatic carbocycles. The molecule has 3 heteroatoms. The second kappa shape index (κ2) is 8.59. The Hall–Kier alpha value is -0.410. The van der Waals surface area contributed by atoms with Crippen LogP contribution in [0.3, 0.4) is 0 Å². The number of Topliss-reactive ketones (excluding diaryl/α,β-unsaturated/α-hetero) is 1. The molecule has 0 rings (SSSR count). The molecule has 0 aromatic carbocycles. The Kier molecular flexibility index (Phi) is 10.6.